The lowest BCUT2D eigenvalue weighted by Gasteiger charge is -2.10. The maximum Gasteiger partial charge on any atom is 0.229 e. The maximum absolute atomic E-state index is 12.7. The van der Waals surface area contributed by atoms with E-state index in [1.165, 1.54) is 35.8 Å². The van der Waals surface area contributed by atoms with Gasteiger partial charge in [-0.2, -0.15) is 5.10 Å². The van der Waals surface area contributed by atoms with Gasteiger partial charge in [0.1, 0.15) is 5.82 Å². The van der Waals surface area contributed by atoms with Gasteiger partial charge in [-0.25, -0.2) is 4.98 Å². The van der Waals surface area contributed by atoms with Crippen LogP contribution in [-0.2, 0) is 11.8 Å². The Balaban J connectivity index is 1.22. The largest absolute Gasteiger partial charge is 0.310 e. The molecule has 6 rings (SSSR count). The van der Waals surface area contributed by atoms with Crippen LogP contribution < -0.4 is 5.32 Å². The predicted octanol–water partition coefficient (Wildman–Crippen LogP) is 4.29. The van der Waals surface area contributed by atoms with E-state index in [-0.39, 0.29) is 17.7 Å². The van der Waals surface area contributed by atoms with Gasteiger partial charge in [0, 0.05) is 30.7 Å². The minimum absolute atomic E-state index is 0.0245. The van der Waals surface area contributed by atoms with E-state index in [1.54, 1.807) is 4.68 Å². The molecular formula is C23H24N4O. The van der Waals surface area contributed by atoms with E-state index >= 15 is 0 Å². The minimum atomic E-state index is 0.0245. The molecular weight excluding hydrogens is 348 g/mol. The first kappa shape index (κ1) is 16.3. The Morgan fingerprint density at radius 2 is 2.07 bits per heavy atom. The third kappa shape index (κ3) is 2.56. The van der Waals surface area contributed by atoms with Gasteiger partial charge in [0.15, 0.2) is 0 Å². The fraction of sp³-hybridized carbons (Fsp3) is 0.435. The molecule has 3 atom stereocenters. The zero-order chi connectivity index (χ0) is 19.0. The summed E-state index contributed by atoms with van der Waals surface area (Å²) >= 11 is 0. The molecule has 3 aliphatic rings. The van der Waals surface area contributed by atoms with Crippen molar-refractivity contribution in [2.24, 2.45) is 18.4 Å². The van der Waals surface area contributed by atoms with Gasteiger partial charge >= 0.3 is 0 Å². The maximum atomic E-state index is 12.7. The standard InChI is InChI=1S/C23H24N4O/c1-13-5-15-10-24-21(7-14(15)6-17(13)20-9-23(20)3-4-23)26-22(28)19-8-18(19)16-11-25-27(2)12-16/h5-7,10-12,18-20H,3-4,8-9H2,1-2H3,(H,24,26,28)/t18-,19+,20+/m0/s1. The van der Waals surface area contributed by atoms with Crippen LogP contribution in [0.1, 0.15) is 54.2 Å². The van der Waals surface area contributed by atoms with E-state index < -0.39 is 0 Å². The van der Waals surface area contributed by atoms with Crippen LogP contribution in [0.4, 0.5) is 5.82 Å². The Morgan fingerprint density at radius 1 is 1.21 bits per heavy atom. The molecule has 1 aromatic carbocycles. The Labute approximate surface area is 164 Å². The Kier molecular flexibility index (Phi) is 3.16. The smallest absolute Gasteiger partial charge is 0.229 e. The third-order valence-corrected chi connectivity index (χ3v) is 7.10. The van der Waals surface area contributed by atoms with Gasteiger partial charge in [-0.05, 0) is 84.1 Å². The monoisotopic (exact) mass is 372 g/mol. The van der Waals surface area contributed by atoms with E-state index in [4.69, 9.17) is 0 Å². The van der Waals surface area contributed by atoms with Gasteiger partial charge in [0.05, 0.1) is 6.20 Å². The van der Waals surface area contributed by atoms with Crippen molar-refractivity contribution < 1.29 is 4.79 Å². The molecule has 2 aromatic heterocycles. The zero-order valence-electron chi connectivity index (χ0n) is 16.3. The van der Waals surface area contributed by atoms with Crippen molar-refractivity contribution in [3.05, 3.63) is 53.5 Å². The third-order valence-electron chi connectivity index (χ3n) is 7.10. The number of nitrogens with one attached hydrogen (secondary N) is 1. The van der Waals surface area contributed by atoms with Crippen molar-refractivity contribution >= 4 is 22.5 Å². The lowest BCUT2D eigenvalue weighted by molar-refractivity contribution is -0.117. The second kappa shape index (κ2) is 5.43. The fourth-order valence-corrected chi connectivity index (χ4v) is 4.97. The van der Waals surface area contributed by atoms with Crippen molar-refractivity contribution in [1.29, 1.82) is 0 Å². The van der Waals surface area contributed by atoms with Gasteiger partial charge in [-0.1, -0.05) is 6.07 Å². The molecule has 0 aliphatic heterocycles. The summed E-state index contributed by atoms with van der Waals surface area (Å²) in [7, 11) is 1.91. The molecule has 3 fully saturated rings. The first-order valence-electron chi connectivity index (χ1n) is 10.2. The van der Waals surface area contributed by atoms with Crippen molar-refractivity contribution in [3.63, 3.8) is 0 Å². The molecule has 5 heteroatoms. The molecule has 0 saturated heterocycles. The summed E-state index contributed by atoms with van der Waals surface area (Å²) in [5, 5.41) is 9.56. The van der Waals surface area contributed by atoms with E-state index in [1.807, 2.05) is 31.7 Å². The quantitative estimate of drug-likeness (QED) is 0.743. The molecule has 5 nitrogen and oxygen atoms in total. The number of aryl methyl sites for hydroxylation is 2. The molecule has 1 N–H and O–H groups in total. The summed E-state index contributed by atoms with van der Waals surface area (Å²) in [6.45, 7) is 2.21. The summed E-state index contributed by atoms with van der Waals surface area (Å²) in [5.74, 6) is 1.77. The number of fused-ring (bicyclic) bond motifs is 1. The number of nitrogens with zero attached hydrogens (tertiary/aromatic N) is 3. The molecule has 1 spiro atoms. The molecule has 142 valence electrons. The second-order valence-corrected chi connectivity index (χ2v) is 9.13. The molecule has 0 unspecified atom stereocenters. The average molecular weight is 372 g/mol. The van der Waals surface area contributed by atoms with Crippen molar-refractivity contribution in [2.75, 3.05) is 5.32 Å². The summed E-state index contributed by atoms with van der Waals surface area (Å²) < 4.78 is 1.79. The number of rotatable bonds is 4. The van der Waals surface area contributed by atoms with Crippen LogP contribution >= 0.6 is 0 Å². The van der Waals surface area contributed by atoms with E-state index in [0.29, 0.717) is 11.2 Å². The summed E-state index contributed by atoms with van der Waals surface area (Å²) in [6, 6.07) is 6.60. The van der Waals surface area contributed by atoms with Crippen LogP contribution in [-0.4, -0.2) is 20.7 Å². The number of anilines is 1. The van der Waals surface area contributed by atoms with E-state index in [0.717, 1.165) is 23.3 Å². The van der Waals surface area contributed by atoms with Crippen molar-refractivity contribution in [2.45, 2.75) is 44.4 Å². The second-order valence-electron chi connectivity index (χ2n) is 9.13. The number of benzene rings is 1. The predicted molar refractivity (Wildman–Crippen MR) is 108 cm³/mol. The number of pyridine rings is 1. The highest BCUT2D eigenvalue weighted by atomic mass is 16.2. The highest BCUT2D eigenvalue weighted by molar-refractivity contribution is 5.96. The molecule has 1 amide bonds. The number of amides is 1. The molecule has 0 radical (unpaired) electrons. The zero-order valence-corrected chi connectivity index (χ0v) is 16.3. The van der Waals surface area contributed by atoms with E-state index in [2.05, 4.69) is 34.5 Å². The van der Waals surface area contributed by atoms with Gasteiger partial charge in [-0.3, -0.25) is 9.48 Å². The highest BCUT2D eigenvalue weighted by Crippen LogP contribution is 2.75. The Bertz CT molecular complexity index is 1130. The first-order chi connectivity index (χ1) is 13.5. The van der Waals surface area contributed by atoms with Gasteiger partial charge < -0.3 is 5.32 Å². The summed E-state index contributed by atoms with van der Waals surface area (Å²) in [6.07, 6.45) is 10.8. The summed E-state index contributed by atoms with van der Waals surface area (Å²) in [4.78, 5) is 17.1. The fourth-order valence-electron chi connectivity index (χ4n) is 4.97. The SMILES string of the molecule is Cc1cc2cnc(NC(=O)[C@@H]3C[C@H]3c3cnn(C)c3)cc2cc1[C@H]1CC12CC2. The van der Waals surface area contributed by atoms with Gasteiger partial charge in [-0.15, -0.1) is 0 Å². The number of carbonyl (C=O) groups is 1. The van der Waals surface area contributed by atoms with Gasteiger partial charge in [0.2, 0.25) is 5.91 Å². The van der Waals surface area contributed by atoms with Crippen LogP contribution in [0.25, 0.3) is 10.8 Å². The number of aromatic nitrogens is 3. The van der Waals surface area contributed by atoms with Crippen LogP contribution in [0.3, 0.4) is 0 Å². The van der Waals surface area contributed by atoms with Crippen LogP contribution in [0, 0.1) is 18.3 Å². The van der Waals surface area contributed by atoms with Crippen molar-refractivity contribution in [1.82, 2.24) is 14.8 Å². The lowest BCUT2D eigenvalue weighted by Crippen LogP contribution is -2.15. The molecule has 28 heavy (non-hydrogen) atoms. The molecule has 3 aromatic rings. The number of hydrogen-bond donors (Lipinski definition) is 1. The lowest BCUT2D eigenvalue weighted by atomic mass is 9.98. The molecule has 3 saturated carbocycles. The van der Waals surface area contributed by atoms with Crippen LogP contribution in [0.5, 0.6) is 0 Å². The molecule has 2 heterocycles. The minimum Gasteiger partial charge on any atom is -0.310 e. The van der Waals surface area contributed by atoms with E-state index in [9.17, 15) is 4.79 Å². The van der Waals surface area contributed by atoms with Crippen LogP contribution in [0.15, 0.2) is 36.8 Å². The molecule has 0 bridgehead atoms. The molecule has 3 aliphatic carbocycles. The Hall–Kier alpha value is -2.69. The Morgan fingerprint density at radius 3 is 2.79 bits per heavy atom. The topological polar surface area (TPSA) is 59.8 Å². The number of hydrogen-bond acceptors (Lipinski definition) is 3. The normalized spacial score (nSPS) is 26.4. The van der Waals surface area contributed by atoms with Crippen molar-refractivity contribution in [3.8, 4) is 0 Å². The average Bonchev–Trinajstić information content (AvgIpc) is 3.60. The first-order valence-corrected chi connectivity index (χ1v) is 10.2. The number of carbonyl (C=O) groups excluding carboxylic acids is 1. The summed E-state index contributed by atoms with van der Waals surface area (Å²) in [5.41, 5.74) is 4.66. The van der Waals surface area contributed by atoms with Gasteiger partial charge in [0.25, 0.3) is 0 Å². The highest BCUT2D eigenvalue weighted by Gasteiger charge is 2.63. The van der Waals surface area contributed by atoms with Crippen LogP contribution in [0.2, 0.25) is 0 Å².